The number of hydrogen-bond donors (Lipinski definition) is 3. The summed E-state index contributed by atoms with van der Waals surface area (Å²) in [6.45, 7) is 1.89. The molecule has 0 saturated heterocycles. The Morgan fingerprint density at radius 2 is 2.10 bits per heavy atom. The summed E-state index contributed by atoms with van der Waals surface area (Å²) in [6.07, 6.45) is -0.933. The summed E-state index contributed by atoms with van der Waals surface area (Å²) >= 11 is 17.2. The van der Waals surface area contributed by atoms with E-state index in [9.17, 15) is 9.90 Å². The zero-order valence-electron chi connectivity index (χ0n) is 16.1. The Balaban J connectivity index is 1.56. The smallest absolute Gasteiger partial charge is 0.240 e. The lowest BCUT2D eigenvalue weighted by Crippen LogP contribution is -2.37. The number of aryl methyl sites for hydroxylation is 1. The van der Waals surface area contributed by atoms with E-state index in [1.54, 1.807) is 22.8 Å². The summed E-state index contributed by atoms with van der Waals surface area (Å²) in [5.41, 5.74) is 1.92. The lowest BCUT2D eigenvalue weighted by Gasteiger charge is -2.15. The van der Waals surface area contributed by atoms with Crippen molar-refractivity contribution in [2.75, 3.05) is 13.2 Å². The molecule has 3 aromatic rings. The van der Waals surface area contributed by atoms with Crippen molar-refractivity contribution in [1.82, 2.24) is 20.1 Å². The largest absolute Gasteiger partial charge is 0.489 e. The van der Waals surface area contributed by atoms with E-state index in [0.717, 1.165) is 11.1 Å². The van der Waals surface area contributed by atoms with Gasteiger partial charge in [-0.25, -0.2) is 0 Å². The number of aliphatic hydroxyl groups excluding tert-OH is 1. The molecule has 0 radical (unpaired) electrons. The number of benzene rings is 2. The van der Waals surface area contributed by atoms with E-state index < -0.39 is 6.10 Å². The molecule has 0 aliphatic rings. The van der Waals surface area contributed by atoms with Crippen molar-refractivity contribution < 1.29 is 14.6 Å². The molecule has 0 saturated carbocycles. The molecule has 158 valence electrons. The summed E-state index contributed by atoms with van der Waals surface area (Å²) in [7, 11) is 0. The van der Waals surface area contributed by atoms with Gasteiger partial charge in [0.25, 0.3) is 0 Å². The highest BCUT2D eigenvalue weighted by molar-refractivity contribution is 7.71. The van der Waals surface area contributed by atoms with Crippen LogP contribution in [-0.4, -0.2) is 45.0 Å². The first-order chi connectivity index (χ1) is 14.3. The van der Waals surface area contributed by atoms with Crippen molar-refractivity contribution in [3.05, 3.63) is 62.8 Å². The highest BCUT2D eigenvalue weighted by Crippen LogP contribution is 2.31. The molecule has 1 heterocycles. The number of aromatic nitrogens is 3. The molecular formula is C20H20Cl2N4O3S. The summed E-state index contributed by atoms with van der Waals surface area (Å²) in [4.78, 5) is 12.4. The SMILES string of the molecule is Cc1cccc(-c2n[nH]c(=S)n2CC(=O)NCC(O)COc2cccc(Cl)c2Cl)c1. The Hall–Kier alpha value is -2.39. The number of aliphatic hydroxyl groups is 1. The Labute approximate surface area is 188 Å². The Kier molecular flexibility index (Phi) is 7.49. The molecule has 0 spiro atoms. The average Bonchev–Trinajstić information content (AvgIpc) is 3.08. The standard InChI is InChI=1S/C20H20Cl2N4O3S/c1-12-4-2-5-13(8-12)19-24-25-20(30)26(19)10-17(28)23-9-14(27)11-29-16-7-3-6-15(21)18(16)22/h2-8,14,27H,9-11H2,1H3,(H,23,28)(H,25,30). The van der Waals surface area contributed by atoms with Crippen molar-refractivity contribution >= 4 is 41.3 Å². The Bertz CT molecular complexity index is 1100. The fourth-order valence-electron chi connectivity index (χ4n) is 2.74. The van der Waals surface area contributed by atoms with Gasteiger partial charge in [-0.15, -0.1) is 0 Å². The molecule has 3 rings (SSSR count). The Morgan fingerprint density at radius 1 is 1.33 bits per heavy atom. The fraction of sp³-hybridized carbons (Fsp3) is 0.250. The monoisotopic (exact) mass is 466 g/mol. The van der Waals surface area contributed by atoms with Gasteiger partial charge in [-0.05, 0) is 37.3 Å². The number of aromatic amines is 1. The van der Waals surface area contributed by atoms with E-state index in [1.807, 2.05) is 31.2 Å². The van der Waals surface area contributed by atoms with Gasteiger partial charge in [-0.2, -0.15) is 5.10 Å². The van der Waals surface area contributed by atoms with Gasteiger partial charge < -0.3 is 15.2 Å². The first-order valence-corrected chi connectivity index (χ1v) is 10.3. The zero-order valence-corrected chi connectivity index (χ0v) is 18.4. The quantitative estimate of drug-likeness (QED) is 0.439. The van der Waals surface area contributed by atoms with Crippen molar-refractivity contribution in [3.8, 4) is 17.1 Å². The normalized spacial score (nSPS) is 11.9. The molecule has 10 heteroatoms. The predicted molar refractivity (Wildman–Crippen MR) is 119 cm³/mol. The predicted octanol–water partition coefficient (Wildman–Crippen LogP) is 3.78. The molecule has 1 unspecified atom stereocenters. The lowest BCUT2D eigenvalue weighted by atomic mass is 10.1. The minimum absolute atomic E-state index is 0.00195. The van der Waals surface area contributed by atoms with E-state index in [2.05, 4.69) is 15.5 Å². The number of ether oxygens (including phenoxy) is 1. The van der Waals surface area contributed by atoms with Crippen molar-refractivity contribution in [2.45, 2.75) is 19.6 Å². The first kappa shape index (κ1) is 22.3. The first-order valence-electron chi connectivity index (χ1n) is 9.09. The summed E-state index contributed by atoms with van der Waals surface area (Å²) < 4.78 is 7.41. The second-order valence-electron chi connectivity index (χ2n) is 6.63. The number of hydrogen-bond acceptors (Lipinski definition) is 5. The molecule has 3 N–H and O–H groups in total. The average molecular weight is 467 g/mol. The number of nitrogens with one attached hydrogen (secondary N) is 2. The third-order valence-corrected chi connectivity index (χ3v) is 5.33. The molecule has 0 bridgehead atoms. The van der Waals surface area contributed by atoms with Gasteiger partial charge in [0.2, 0.25) is 5.91 Å². The van der Waals surface area contributed by atoms with Gasteiger partial charge >= 0.3 is 0 Å². The molecule has 1 aromatic heterocycles. The number of rotatable bonds is 8. The van der Waals surface area contributed by atoms with Crippen LogP contribution in [0, 0.1) is 11.7 Å². The van der Waals surface area contributed by atoms with Crippen LogP contribution in [0.3, 0.4) is 0 Å². The van der Waals surface area contributed by atoms with Gasteiger partial charge in [-0.1, -0.05) is 53.0 Å². The van der Waals surface area contributed by atoms with Crippen LogP contribution in [0.1, 0.15) is 5.56 Å². The number of carbonyl (C=O) groups is 1. The maximum atomic E-state index is 12.4. The number of nitrogens with zero attached hydrogens (tertiary/aromatic N) is 2. The van der Waals surface area contributed by atoms with Crippen molar-refractivity contribution in [2.24, 2.45) is 0 Å². The van der Waals surface area contributed by atoms with Gasteiger partial charge in [0.15, 0.2) is 10.6 Å². The number of H-pyrrole nitrogens is 1. The summed E-state index contributed by atoms with van der Waals surface area (Å²) in [5, 5.41) is 20.3. The third kappa shape index (κ3) is 5.60. The molecule has 30 heavy (non-hydrogen) atoms. The lowest BCUT2D eigenvalue weighted by molar-refractivity contribution is -0.122. The Morgan fingerprint density at radius 3 is 2.87 bits per heavy atom. The van der Waals surface area contributed by atoms with Crippen LogP contribution in [0.2, 0.25) is 10.0 Å². The number of carbonyl (C=O) groups excluding carboxylic acids is 1. The summed E-state index contributed by atoms with van der Waals surface area (Å²) in [5.74, 6) is 0.613. The van der Waals surface area contributed by atoms with E-state index >= 15 is 0 Å². The minimum Gasteiger partial charge on any atom is -0.489 e. The van der Waals surface area contributed by atoms with Crippen LogP contribution >= 0.6 is 35.4 Å². The van der Waals surface area contributed by atoms with Gasteiger partial charge in [0.05, 0.1) is 5.02 Å². The van der Waals surface area contributed by atoms with Crippen LogP contribution in [0.15, 0.2) is 42.5 Å². The van der Waals surface area contributed by atoms with Crippen molar-refractivity contribution in [1.29, 1.82) is 0 Å². The number of halogens is 2. The van der Waals surface area contributed by atoms with Gasteiger partial charge in [0.1, 0.15) is 30.0 Å². The molecular weight excluding hydrogens is 447 g/mol. The minimum atomic E-state index is -0.933. The molecule has 7 nitrogen and oxygen atoms in total. The van der Waals surface area contributed by atoms with Gasteiger partial charge in [0, 0.05) is 12.1 Å². The molecule has 2 aromatic carbocycles. The molecule has 1 atom stereocenters. The van der Waals surface area contributed by atoms with Crippen LogP contribution in [0.4, 0.5) is 0 Å². The maximum absolute atomic E-state index is 12.4. The molecule has 0 aliphatic carbocycles. The van der Waals surface area contributed by atoms with Crippen molar-refractivity contribution in [3.63, 3.8) is 0 Å². The number of amides is 1. The fourth-order valence-corrected chi connectivity index (χ4v) is 3.28. The van der Waals surface area contributed by atoms with Crippen LogP contribution in [0.5, 0.6) is 5.75 Å². The highest BCUT2D eigenvalue weighted by Gasteiger charge is 2.14. The zero-order chi connectivity index (χ0) is 21.7. The molecule has 0 aliphatic heterocycles. The van der Waals surface area contributed by atoms with Crippen LogP contribution < -0.4 is 10.1 Å². The topological polar surface area (TPSA) is 92.2 Å². The van der Waals surface area contributed by atoms with E-state index in [-0.39, 0.29) is 30.6 Å². The van der Waals surface area contributed by atoms with Crippen LogP contribution in [-0.2, 0) is 11.3 Å². The second-order valence-corrected chi connectivity index (χ2v) is 7.80. The maximum Gasteiger partial charge on any atom is 0.240 e. The van der Waals surface area contributed by atoms with Crippen LogP contribution in [0.25, 0.3) is 11.4 Å². The van der Waals surface area contributed by atoms with E-state index in [0.29, 0.717) is 21.4 Å². The highest BCUT2D eigenvalue weighted by atomic mass is 35.5. The molecule has 1 amide bonds. The second kappa shape index (κ2) is 10.1. The van der Waals surface area contributed by atoms with E-state index in [1.165, 1.54) is 0 Å². The van der Waals surface area contributed by atoms with E-state index in [4.69, 9.17) is 40.2 Å². The third-order valence-electron chi connectivity index (χ3n) is 4.22. The van der Waals surface area contributed by atoms with Gasteiger partial charge in [-0.3, -0.25) is 14.5 Å². The molecule has 0 fully saturated rings. The summed E-state index contributed by atoms with van der Waals surface area (Å²) in [6, 6.07) is 12.7.